The molecule has 2 aromatic heterocycles. The van der Waals surface area contributed by atoms with Crippen molar-refractivity contribution in [3.63, 3.8) is 0 Å². The van der Waals surface area contributed by atoms with Gasteiger partial charge in [-0.2, -0.15) is 9.97 Å². The molecule has 0 N–H and O–H groups in total. The van der Waals surface area contributed by atoms with E-state index in [1.165, 1.54) is 16.2 Å². The molecule has 5 aromatic carbocycles. The lowest BCUT2D eigenvalue weighted by Gasteiger charge is -2.08. The molecule has 0 saturated carbocycles. The lowest BCUT2D eigenvalue weighted by Crippen LogP contribution is -1.97. The predicted molar refractivity (Wildman–Crippen MR) is 148 cm³/mol. The molecule has 0 unspecified atom stereocenters. The number of rotatable bonds is 3. The van der Waals surface area contributed by atoms with Crippen LogP contribution in [0.4, 0.5) is 0 Å². The smallest absolute Gasteiger partial charge is 0.226 e. The third-order valence-corrected chi connectivity index (χ3v) is 6.71. The molecule has 0 saturated heterocycles. The summed E-state index contributed by atoms with van der Waals surface area (Å²) in [5, 5.41) is 4.91. The molecule has 4 nitrogen and oxygen atoms in total. The molecule has 0 bridgehead atoms. The second-order valence-corrected chi connectivity index (χ2v) is 9.08. The molecule has 0 spiro atoms. The highest BCUT2D eigenvalue weighted by atomic mass is 35.5. The molecule has 0 radical (unpaired) electrons. The summed E-state index contributed by atoms with van der Waals surface area (Å²) in [6.07, 6.45) is 0. The quantitative estimate of drug-likeness (QED) is 0.255. The SMILES string of the molecule is Clc1nc(-c2ccccc2)nc(-c2ccc3c(c2)c2cc4ccccc4cc2n3-c2ccccc2)n1. The minimum atomic E-state index is 0.177. The second kappa shape index (κ2) is 8.29. The Labute approximate surface area is 212 Å². The van der Waals surface area contributed by atoms with Crippen molar-refractivity contribution in [2.75, 3.05) is 0 Å². The Balaban J connectivity index is 1.50. The van der Waals surface area contributed by atoms with Gasteiger partial charge in [0.05, 0.1) is 11.0 Å². The van der Waals surface area contributed by atoms with Crippen LogP contribution in [0.25, 0.3) is 61.0 Å². The summed E-state index contributed by atoms with van der Waals surface area (Å²) in [7, 11) is 0. The van der Waals surface area contributed by atoms with Gasteiger partial charge >= 0.3 is 0 Å². The molecular formula is C31H19ClN4. The maximum Gasteiger partial charge on any atom is 0.226 e. The van der Waals surface area contributed by atoms with E-state index in [-0.39, 0.29) is 5.28 Å². The van der Waals surface area contributed by atoms with Crippen LogP contribution in [-0.2, 0) is 0 Å². The largest absolute Gasteiger partial charge is 0.309 e. The van der Waals surface area contributed by atoms with E-state index in [0.717, 1.165) is 33.2 Å². The molecule has 0 aliphatic heterocycles. The van der Waals surface area contributed by atoms with Crippen molar-refractivity contribution >= 4 is 44.2 Å². The number of fused-ring (bicyclic) bond motifs is 4. The first kappa shape index (κ1) is 20.8. The van der Waals surface area contributed by atoms with E-state index in [9.17, 15) is 0 Å². The van der Waals surface area contributed by atoms with Gasteiger partial charge in [0.25, 0.3) is 0 Å². The summed E-state index contributed by atoms with van der Waals surface area (Å²) >= 11 is 6.35. The zero-order valence-corrected chi connectivity index (χ0v) is 19.9. The molecule has 5 heteroatoms. The summed E-state index contributed by atoms with van der Waals surface area (Å²) in [4.78, 5) is 13.6. The van der Waals surface area contributed by atoms with Crippen LogP contribution in [-0.4, -0.2) is 19.5 Å². The zero-order chi connectivity index (χ0) is 24.1. The van der Waals surface area contributed by atoms with Crippen molar-refractivity contribution in [2.45, 2.75) is 0 Å². The Kier molecular flexibility index (Phi) is 4.79. The maximum atomic E-state index is 6.35. The van der Waals surface area contributed by atoms with E-state index in [0.29, 0.717) is 11.6 Å². The van der Waals surface area contributed by atoms with Gasteiger partial charge in [0.2, 0.25) is 5.28 Å². The van der Waals surface area contributed by atoms with Crippen LogP contribution in [0.15, 0.2) is 115 Å². The fraction of sp³-hybridized carbons (Fsp3) is 0. The average molecular weight is 483 g/mol. The van der Waals surface area contributed by atoms with E-state index >= 15 is 0 Å². The van der Waals surface area contributed by atoms with Crippen molar-refractivity contribution in [2.24, 2.45) is 0 Å². The molecule has 0 atom stereocenters. The monoisotopic (exact) mass is 482 g/mol. The van der Waals surface area contributed by atoms with Gasteiger partial charge in [-0.05, 0) is 64.8 Å². The second-order valence-electron chi connectivity index (χ2n) is 8.74. The summed E-state index contributed by atoms with van der Waals surface area (Å²) in [6, 6.07) is 39.6. The van der Waals surface area contributed by atoms with E-state index in [1.807, 2.05) is 36.4 Å². The van der Waals surface area contributed by atoms with E-state index in [4.69, 9.17) is 16.6 Å². The van der Waals surface area contributed by atoms with Crippen molar-refractivity contribution in [1.29, 1.82) is 0 Å². The number of para-hydroxylation sites is 1. The topological polar surface area (TPSA) is 43.6 Å². The summed E-state index contributed by atoms with van der Waals surface area (Å²) in [5.41, 5.74) is 5.19. The standard InChI is InChI=1S/C31H19ClN4/c32-31-34-29(20-9-3-1-4-10-20)33-30(35-31)23-15-16-27-25(18-23)26-17-21-11-7-8-12-22(21)19-28(26)36(27)24-13-5-2-6-14-24/h1-19H. The molecule has 0 amide bonds. The molecule has 170 valence electrons. The molecule has 0 aliphatic carbocycles. The van der Waals surface area contributed by atoms with Gasteiger partial charge in [0.15, 0.2) is 11.6 Å². The molecule has 7 aromatic rings. The van der Waals surface area contributed by atoms with Crippen molar-refractivity contribution in [3.8, 4) is 28.5 Å². The number of nitrogens with zero attached hydrogens (tertiary/aromatic N) is 4. The summed E-state index contributed by atoms with van der Waals surface area (Å²) < 4.78 is 2.32. The van der Waals surface area contributed by atoms with Gasteiger partial charge in [0, 0.05) is 27.6 Å². The van der Waals surface area contributed by atoms with Gasteiger partial charge < -0.3 is 4.57 Å². The number of aromatic nitrogens is 4. The minimum Gasteiger partial charge on any atom is -0.309 e. The van der Waals surface area contributed by atoms with E-state index in [1.54, 1.807) is 0 Å². The first-order valence-corrected chi connectivity index (χ1v) is 12.1. The van der Waals surface area contributed by atoms with Gasteiger partial charge in [-0.25, -0.2) is 4.98 Å². The Morgan fingerprint density at radius 1 is 0.500 bits per heavy atom. The van der Waals surface area contributed by atoms with Crippen LogP contribution < -0.4 is 0 Å². The van der Waals surface area contributed by atoms with Gasteiger partial charge in [0.1, 0.15) is 0 Å². The Morgan fingerprint density at radius 3 is 1.86 bits per heavy atom. The van der Waals surface area contributed by atoms with Gasteiger partial charge in [-0.3, -0.25) is 0 Å². The maximum absolute atomic E-state index is 6.35. The third-order valence-electron chi connectivity index (χ3n) is 6.55. The van der Waals surface area contributed by atoms with Crippen molar-refractivity contribution in [3.05, 3.63) is 121 Å². The van der Waals surface area contributed by atoms with Crippen LogP contribution in [0, 0.1) is 0 Å². The summed E-state index contributed by atoms with van der Waals surface area (Å²) in [6.45, 7) is 0. The fourth-order valence-electron chi connectivity index (χ4n) is 4.90. The average Bonchev–Trinajstić information content (AvgIpc) is 3.25. The summed E-state index contributed by atoms with van der Waals surface area (Å²) in [5.74, 6) is 1.11. The first-order chi connectivity index (χ1) is 17.7. The van der Waals surface area contributed by atoms with Crippen LogP contribution in [0.1, 0.15) is 0 Å². The number of halogens is 1. The molecule has 0 fully saturated rings. The third kappa shape index (κ3) is 3.43. The van der Waals surface area contributed by atoms with Crippen LogP contribution in [0.3, 0.4) is 0 Å². The van der Waals surface area contributed by atoms with Crippen molar-refractivity contribution in [1.82, 2.24) is 19.5 Å². The first-order valence-electron chi connectivity index (χ1n) is 11.7. The number of benzene rings is 5. The predicted octanol–water partition coefficient (Wildman–Crippen LogP) is 8.11. The minimum absolute atomic E-state index is 0.177. The van der Waals surface area contributed by atoms with E-state index in [2.05, 4.69) is 93.4 Å². The Bertz CT molecular complexity index is 1890. The van der Waals surface area contributed by atoms with Crippen LogP contribution in [0.2, 0.25) is 5.28 Å². The van der Waals surface area contributed by atoms with Gasteiger partial charge in [-0.1, -0.05) is 72.8 Å². The van der Waals surface area contributed by atoms with Crippen LogP contribution >= 0.6 is 11.6 Å². The normalized spacial score (nSPS) is 11.5. The Hall–Kier alpha value is -4.54. The van der Waals surface area contributed by atoms with Crippen molar-refractivity contribution < 1.29 is 0 Å². The lowest BCUT2D eigenvalue weighted by molar-refractivity contribution is 1.07. The number of hydrogen-bond acceptors (Lipinski definition) is 3. The fourth-order valence-corrected chi connectivity index (χ4v) is 5.06. The van der Waals surface area contributed by atoms with Gasteiger partial charge in [-0.15, -0.1) is 0 Å². The molecule has 7 rings (SSSR count). The van der Waals surface area contributed by atoms with Crippen LogP contribution in [0.5, 0.6) is 0 Å². The molecular weight excluding hydrogens is 464 g/mol. The number of hydrogen-bond donors (Lipinski definition) is 0. The van der Waals surface area contributed by atoms with E-state index < -0.39 is 0 Å². The molecule has 36 heavy (non-hydrogen) atoms. The highest BCUT2D eigenvalue weighted by Crippen LogP contribution is 2.36. The Morgan fingerprint density at radius 2 is 1.11 bits per heavy atom. The highest BCUT2D eigenvalue weighted by Gasteiger charge is 2.16. The zero-order valence-electron chi connectivity index (χ0n) is 19.1. The molecule has 0 aliphatic rings. The molecule has 2 heterocycles. The lowest BCUT2D eigenvalue weighted by atomic mass is 10.0. The highest BCUT2D eigenvalue weighted by molar-refractivity contribution is 6.28.